The lowest BCUT2D eigenvalue weighted by Gasteiger charge is -2.32. The van der Waals surface area contributed by atoms with Gasteiger partial charge in [0.05, 0.1) is 11.6 Å². The molecule has 2 aromatic carbocycles. The lowest BCUT2D eigenvalue weighted by molar-refractivity contribution is -0.117. The first-order chi connectivity index (χ1) is 13.0. The standard InChI is InChI=1S/C22H23FN2O2/c1-14-8-9-15-5-2-3-6-17(15)21(14)24-22(27)18-13-16(10-11-19(18)23)25-12-4-7-20(25)26/h2-3,5-6,10-11,13-14,21H,4,7-9,12H2,1H3,(H,24,27)/t14-,21-/m1/s1. The first-order valence-corrected chi connectivity index (χ1v) is 9.53. The Labute approximate surface area is 158 Å². The van der Waals surface area contributed by atoms with E-state index in [2.05, 4.69) is 18.3 Å². The number of nitrogens with zero attached hydrogens (tertiary/aromatic N) is 1. The molecule has 0 bridgehead atoms. The molecule has 0 spiro atoms. The molecule has 0 radical (unpaired) electrons. The van der Waals surface area contributed by atoms with Crippen molar-refractivity contribution in [1.82, 2.24) is 5.32 Å². The molecule has 4 rings (SSSR count). The van der Waals surface area contributed by atoms with E-state index in [-0.39, 0.29) is 23.4 Å². The number of aryl methyl sites for hydroxylation is 1. The van der Waals surface area contributed by atoms with Crippen molar-refractivity contribution in [3.05, 3.63) is 65.0 Å². The Kier molecular flexibility index (Phi) is 4.68. The van der Waals surface area contributed by atoms with Crippen molar-refractivity contribution < 1.29 is 14.0 Å². The Bertz CT molecular complexity index is 896. The summed E-state index contributed by atoms with van der Waals surface area (Å²) in [7, 11) is 0. The number of benzene rings is 2. The zero-order valence-electron chi connectivity index (χ0n) is 15.4. The molecule has 1 N–H and O–H groups in total. The van der Waals surface area contributed by atoms with Gasteiger partial charge in [-0.05, 0) is 54.5 Å². The summed E-state index contributed by atoms with van der Waals surface area (Å²) in [5.41, 5.74) is 2.91. The van der Waals surface area contributed by atoms with E-state index in [1.54, 1.807) is 11.0 Å². The third-order valence-electron chi connectivity index (χ3n) is 5.69. The maximum Gasteiger partial charge on any atom is 0.254 e. The third-order valence-corrected chi connectivity index (χ3v) is 5.69. The fraction of sp³-hybridized carbons (Fsp3) is 0.364. The van der Waals surface area contributed by atoms with Gasteiger partial charge in [0.2, 0.25) is 5.91 Å². The maximum atomic E-state index is 14.4. The second-order valence-electron chi connectivity index (χ2n) is 7.48. The number of nitrogens with one attached hydrogen (secondary N) is 1. The number of halogens is 1. The van der Waals surface area contributed by atoms with Crippen LogP contribution in [0.25, 0.3) is 0 Å². The Balaban J connectivity index is 1.61. The first-order valence-electron chi connectivity index (χ1n) is 9.53. The minimum Gasteiger partial charge on any atom is -0.345 e. The molecule has 2 atom stereocenters. The largest absolute Gasteiger partial charge is 0.345 e. The fourth-order valence-corrected chi connectivity index (χ4v) is 4.14. The van der Waals surface area contributed by atoms with Gasteiger partial charge in [-0.2, -0.15) is 0 Å². The van der Waals surface area contributed by atoms with Crippen molar-refractivity contribution >= 4 is 17.5 Å². The lowest BCUT2D eigenvalue weighted by atomic mass is 9.80. The van der Waals surface area contributed by atoms with Crippen molar-refractivity contribution in [2.24, 2.45) is 5.92 Å². The van der Waals surface area contributed by atoms with Crippen LogP contribution in [-0.4, -0.2) is 18.4 Å². The van der Waals surface area contributed by atoms with Gasteiger partial charge < -0.3 is 10.2 Å². The zero-order chi connectivity index (χ0) is 19.0. The number of hydrogen-bond donors (Lipinski definition) is 1. The summed E-state index contributed by atoms with van der Waals surface area (Å²) in [6.07, 6.45) is 3.25. The van der Waals surface area contributed by atoms with Gasteiger partial charge in [-0.15, -0.1) is 0 Å². The summed E-state index contributed by atoms with van der Waals surface area (Å²) in [4.78, 5) is 26.5. The van der Waals surface area contributed by atoms with Gasteiger partial charge in [0.1, 0.15) is 5.82 Å². The molecule has 0 unspecified atom stereocenters. The van der Waals surface area contributed by atoms with Gasteiger partial charge in [0.15, 0.2) is 0 Å². The Hall–Kier alpha value is -2.69. The molecule has 5 heteroatoms. The molecule has 1 heterocycles. The molecule has 0 aromatic heterocycles. The van der Waals surface area contributed by atoms with E-state index in [0.717, 1.165) is 24.8 Å². The molecule has 27 heavy (non-hydrogen) atoms. The summed E-state index contributed by atoms with van der Waals surface area (Å²) in [5, 5.41) is 3.03. The molecule has 4 nitrogen and oxygen atoms in total. The van der Waals surface area contributed by atoms with Gasteiger partial charge in [0, 0.05) is 18.7 Å². The molecule has 140 valence electrons. The molecule has 1 aliphatic carbocycles. The number of carbonyl (C=O) groups excluding carboxylic acids is 2. The number of anilines is 1. The minimum atomic E-state index is -0.570. The Morgan fingerprint density at radius 2 is 2.00 bits per heavy atom. The van der Waals surface area contributed by atoms with E-state index >= 15 is 0 Å². The van der Waals surface area contributed by atoms with Crippen LogP contribution in [-0.2, 0) is 11.2 Å². The van der Waals surface area contributed by atoms with Gasteiger partial charge >= 0.3 is 0 Å². The van der Waals surface area contributed by atoms with Crippen LogP contribution in [0.4, 0.5) is 10.1 Å². The highest BCUT2D eigenvalue weighted by atomic mass is 19.1. The average molecular weight is 366 g/mol. The van der Waals surface area contributed by atoms with Gasteiger partial charge in [0.25, 0.3) is 5.91 Å². The smallest absolute Gasteiger partial charge is 0.254 e. The van der Waals surface area contributed by atoms with Crippen LogP contribution in [0.2, 0.25) is 0 Å². The van der Waals surface area contributed by atoms with Crippen molar-refractivity contribution in [2.45, 2.75) is 38.6 Å². The fourth-order valence-electron chi connectivity index (χ4n) is 4.14. The van der Waals surface area contributed by atoms with Crippen molar-refractivity contribution in [3.8, 4) is 0 Å². The topological polar surface area (TPSA) is 49.4 Å². The van der Waals surface area contributed by atoms with Gasteiger partial charge in [-0.3, -0.25) is 9.59 Å². The molecular formula is C22H23FN2O2. The lowest BCUT2D eigenvalue weighted by Crippen LogP contribution is -2.36. The van der Waals surface area contributed by atoms with Crippen LogP contribution >= 0.6 is 0 Å². The molecule has 2 amide bonds. The van der Waals surface area contributed by atoms with Crippen LogP contribution in [0.1, 0.15) is 53.7 Å². The average Bonchev–Trinajstić information content (AvgIpc) is 3.10. The van der Waals surface area contributed by atoms with Crippen LogP contribution in [0.3, 0.4) is 0 Å². The molecule has 0 saturated carbocycles. The van der Waals surface area contributed by atoms with E-state index in [1.165, 1.54) is 17.7 Å². The summed E-state index contributed by atoms with van der Waals surface area (Å²) in [6.45, 7) is 2.72. The Morgan fingerprint density at radius 3 is 2.78 bits per heavy atom. The predicted molar refractivity (Wildman–Crippen MR) is 102 cm³/mol. The highest BCUT2D eigenvalue weighted by Crippen LogP contribution is 2.34. The van der Waals surface area contributed by atoms with E-state index in [1.807, 2.05) is 18.2 Å². The van der Waals surface area contributed by atoms with E-state index < -0.39 is 11.7 Å². The van der Waals surface area contributed by atoms with E-state index in [0.29, 0.717) is 18.7 Å². The predicted octanol–water partition coefficient (Wildman–Crippen LogP) is 4.01. The highest BCUT2D eigenvalue weighted by Gasteiger charge is 2.29. The SMILES string of the molecule is C[C@@H]1CCc2ccccc2[C@@H]1NC(=O)c1cc(N2CCCC2=O)ccc1F. The van der Waals surface area contributed by atoms with Crippen LogP contribution in [0.5, 0.6) is 0 Å². The first kappa shape index (κ1) is 17.7. The second-order valence-corrected chi connectivity index (χ2v) is 7.48. The summed E-state index contributed by atoms with van der Waals surface area (Å²) >= 11 is 0. The second kappa shape index (κ2) is 7.14. The third kappa shape index (κ3) is 3.34. The zero-order valence-corrected chi connectivity index (χ0v) is 15.4. The van der Waals surface area contributed by atoms with Crippen LogP contribution in [0, 0.1) is 11.7 Å². The van der Waals surface area contributed by atoms with E-state index in [9.17, 15) is 14.0 Å². The van der Waals surface area contributed by atoms with Crippen LogP contribution in [0.15, 0.2) is 42.5 Å². The molecule has 2 aliphatic rings. The van der Waals surface area contributed by atoms with Crippen molar-refractivity contribution in [1.29, 1.82) is 0 Å². The monoisotopic (exact) mass is 366 g/mol. The minimum absolute atomic E-state index is 0.0116. The van der Waals surface area contributed by atoms with Gasteiger partial charge in [-0.1, -0.05) is 31.2 Å². The number of amides is 2. The number of carbonyl (C=O) groups is 2. The molecular weight excluding hydrogens is 343 g/mol. The Morgan fingerprint density at radius 1 is 1.19 bits per heavy atom. The number of hydrogen-bond acceptors (Lipinski definition) is 2. The number of fused-ring (bicyclic) bond motifs is 1. The van der Waals surface area contributed by atoms with E-state index in [4.69, 9.17) is 0 Å². The highest BCUT2D eigenvalue weighted by molar-refractivity contribution is 5.99. The summed E-state index contributed by atoms with van der Waals surface area (Å²) in [6, 6.07) is 12.3. The quantitative estimate of drug-likeness (QED) is 0.892. The summed E-state index contributed by atoms with van der Waals surface area (Å²) < 4.78 is 14.4. The summed E-state index contributed by atoms with van der Waals surface area (Å²) in [5.74, 6) is -0.716. The van der Waals surface area contributed by atoms with Crippen molar-refractivity contribution in [3.63, 3.8) is 0 Å². The number of rotatable bonds is 3. The van der Waals surface area contributed by atoms with Gasteiger partial charge in [-0.25, -0.2) is 4.39 Å². The normalized spacial score (nSPS) is 21.9. The van der Waals surface area contributed by atoms with Crippen molar-refractivity contribution in [2.75, 3.05) is 11.4 Å². The molecule has 2 aromatic rings. The molecule has 1 saturated heterocycles. The molecule has 1 fully saturated rings. The van der Waals surface area contributed by atoms with Crippen LogP contribution < -0.4 is 10.2 Å². The molecule has 1 aliphatic heterocycles. The maximum absolute atomic E-state index is 14.4.